The Labute approximate surface area is 192 Å². The SMILES string of the molecule is CCC(NC(=O)CNC(=O)c1ccc(N2CCCC2=O)cc1)c1ncc(-c2ccccc2)[nH]1. The fourth-order valence-electron chi connectivity index (χ4n) is 3.86. The van der Waals surface area contributed by atoms with Crippen LogP contribution in [0.3, 0.4) is 0 Å². The molecule has 1 aliphatic rings. The van der Waals surface area contributed by atoms with Gasteiger partial charge in [0.15, 0.2) is 0 Å². The van der Waals surface area contributed by atoms with Gasteiger partial charge in [-0.25, -0.2) is 4.98 Å². The molecule has 1 fully saturated rings. The van der Waals surface area contributed by atoms with E-state index >= 15 is 0 Å². The van der Waals surface area contributed by atoms with Crippen LogP contribution in [0.1, 0.15) is 48.4 Å². The van der Waals surface area contributed by atoms with Crippen molar-refractivity contribution >= 4 is 23.4 Å². The zero-order valence-corrected chi connectivity index (χ0v) is 18.5. The molecule has 3 N–H and O–H groups in total. The van der Waals surface area contributed by atoms with Gasteiger partial charge in [-0.2, -0.15) is 0 Å². The molecule has 33 heavy (non-hydrogen) atoms. The summed E-state index contributed by atoms with van der Waals surface area (Å²) in [6.45, 7) is 2.51. The Hall–Kier alpha value is -3.94. The van der Waals surface area contributed by atoms with Gasteiger partial charge in [-0.05, 0) is 42.7 Å². The third kappa shape index (κ3) is 5.28. The maximum atomic E-state index is 12.5. The number of hydrogen-bond acceptors (Lipinski definition) is 4. The largest absolute Gasteiger partial charge is 0.345 e. The van der Waals surface area contributed by atoms with Gasteiger partial charge in [0.25, 0.3) is 5.91 Å². The number of benzene rings is 2. The highest BCUT2D eigenvalue weighted by atomic mass is 16.2. The molecule has 3 aromatic rings. The molecule has 1 saturated heterocycles. The second kappa shape index (κ2) is 10.1. The lowest BCUT2D eigenvalue weighted by Crippen LogP contribution is -2.38. The number of amides is 3. The third-order valence-corrected chi connectivity index (χ3v) is 5.68. The molecule has 1 aliphatic heterocycles. The molecule has 0 bridgehead atoms. The smallest absolute Gasteiger partial charge is 0.251 e. The summed E-state index contributed by atoms with van der Waals surface area (Å²) in [7, 11) is 0. The Kier molecular flexibility index (Phi) is 6.83. The van der Waals surface area contributed by atoms with E-state index in [1.807, 2.05) is 37.3 Å². The molecule has 2 aromatic carbocycles. The highest BCUT2D eigenvalue weighted by Gasteiger charge is 2.22. The maximum Gasteiger partial charge on any atom is 0.251 e. The standard InChI is InChI=1S/C25H27N5O3/c1-2-20(24-26-15-21(29-24)17-7-4-3-5-8-17)28-22(31)16-27-25(33)18-10-12-19(13-11-18)30-14-6-9-23(30)32/h3-5,7-8,10-13,15,20H,2,6,9,14,16H2,1H3,(H,26,29)(H,27,33)(H,28,31). The number of carbonyl (C=O) groups is 3. The van der Waals surface area contributed by atoms with Crippen LogP contribution in [-0.4, -0.2) is 40.8 Å². The number of H-pyrrole nitrogens is 1. The average molecular weight is 446 g/mol. The van der Waals surface area contributed by atoms with E-state index in [2.05, 4.69) is 20.6 Å². The first-order valence-electron chi connectivity index (χ1n) is 11.1. The second-order valence-corrected chi connectivity index (χ2v) is 7.95. The first-order chi connectivity index (χ1) is 16.0. The van der Waals surface area contributed by atoms with Gasteiger partial charge in [0.1, 0.15) is 5.82 Å². The zero-order chi connectivity index (χ0) is 23.2. The molecule has 8 heteroatoms. The minimum absolute atomic E-state index is 0.0989. The molecule has 0 aliphatic carbocycles. The van der Waals surface area contributed by atoms with E-state index in [1.165, 1.54) is 0 Å². The van der Waals surface area contributed by atoms with Crippen molar-refractivity contribution in [3.05, 3.63) is 72.2 Å². The van der Waals surface area contributed by atoms with Crippen molar-refractivity contribution < 1.29 is 14.4 Å². The molecule has 0 radical (unpaired) electrons. The van der Waals surface area contributed by atoms with E-state index in [0.29, 0.717) is 30.8 Å². The summed E-state index contributed by atoms with van der Waals surface area (Å²) in [5.41, 5.74) is 3.12. The summed E-state index contributed by atoms with van der Waals surface area (Å²) >= 11 is 0. The number of anilines is 1. The van der Waals surface area contributed by atoms with E-state index < -0.39 is 0 Å². The fraction of sp³-hybridized carbons (Fsp3) is 0.280. The molecule has 1 aromatic heterocycles. The summed E-state index contributed by atoms with van der Waals surface area (Å²) < 4.78 is 0. The van der Waals surface area contributed by atoms with Crippen molar-refractivity contribution in [1.82, 2.24) is 20.6 Å². The van der Waals surface area contributed by atoms with Crippen LogP contribution in [0.2, 0.25) is 0 Å². The van der Waals surface area contributed by atoms with Crippen LogP contribution in [0.15, 0.2) is 60.8 Å². The number of nitrogens with zero attached hydrogens (tertiary/aromatic N) is 2. The molecular weight excluding hydrogens is 418 g/mol. The first-order valence-corrected chi connectivity index (χ1v) is 11.1. The van der Waals surface area contributed by atoms with Gasteiger partial charge >= 0.3 is 0 Å². The Balaban J connectivity index is 1.30. The fourth-order valence-corrected chi connectivity index (χ4v) is 3.86. The Morgan fingerprint density at radius 2 is 1.88 bits per heavy atom. The van der Waals surface area contributed by atoms with Crippen LogP contribution >= 0.6 is 0 Å². The predicted molar refractivity (Wildman–Crippen MR) is 126 cm³/mol. The van der Waals surface area contributed by atoms with E-state index in [0.717, 1.165) is 23.4 Å². The third-order valence-electron chi connectivity index (χ3n) is 5.68. The summed E-state index contributed by atoms with van der Waals surface area (Å²) in [5.74, 6) is 0.124. The Morgan fingerprint density at radius 1 is 1.12 bits per heavy atom. The van der Waals surface area contributed by atoms with E-state index in [9.17, 15) is 14.4 Å². The lowest BCUT2D eigenvalue weighted by Gasteiger charge is -2.16. The Morgan fingerprint density at radius 3 is 2.55 bits per heavy atom. The summed E-state index contributed by atoms with van der Waals surface area (Å²) in [4.78, 5) is 46.2. The van der Waals surface area contributed by atoms with Gasteiger partial charge in [0.05, 0.1) is 24.5 Å². The minimum Gasteiger partial charge on any atom is -0.345 e. The summed E-state index contributed by atoms with van der Waals surface area (Å²) in [6, 6.07) is 16.4. The number of hydrogen-bond donors (Lipinski definition) is 3. The molecule has 8 nitrogen and oxygen atoms in total. The van der Waals surface area contributed by atoms with E-state index in [4.69, 9.17) is 0 Å². The van der Waals surface area contributed by atoms with Crippen molar-refractivity contribution in [2.45, 2.75) is 32.2 Å². The zero-order valence-electron chi connectivity index (χ0n) is 18.5. The van der Waals surface area contributed by atoms with Crippen LogP contribution in [-0.2, 0) is 9.59 Å². The molecule has 1 unspecified atom stereocenters. The monoisotopic (exact) mass is 445 g/mol. The maximum absolute atomic E-state index is 12.5. The molecule has 4 rings (SSSR count). The molecule has 3 amide bonds. The first kappa shape index (κ1) is 22.3. The van der Waals surface area contributed by atoms with Crippen molar-refractivity contribution in [1.29, 1.82) is 0 Å². The molecule has 0 saturated carbocycles. The minimum atomic E-state index is -0.346. The Bertz CT molecular complexity index is 1120. The molecule has 0 spiro atoms. The number of rotatable bonds is 8. The summed E-state index contributed by atoms with van der Waals surface area (Å²) in [6.07, 6.45) is 3.81. The van der Waals surface area contributed by atoms with Crippen molar-refractivity contribution in [3.8, 4) is 11.3 Å². The number of carbonyl (C=O) groups excluding carboxylic acids is 3. The highest BCUT2D eigenvalue weighted by Crippen LogP contribution is 2.22. The lowest BCUT2D eigenvalue weighted by atomic mass is 10.2. The molecule has 170 valence electrons. The van der Waals surface area contributed by atoms with Gasteiger partial charge in [-0.1, -0.05) is 37.3 Å². The van der Waals surface area contributed by atoms with Crippen molar-refractivity contribution in [2.24, 2.45) is 0 Å². The number of nitrogens with one attached hydrogen (secondary N) is 3. The highest BCUT2D eigenvalue weighted by molar-refractivity contribution is 5.98. The molecule has 1 atom stereocenters. The van der Waals surface area contributed by atoms with Crippen LogP contribution in [0.4, 0.5) is 5.69 Å². The van der Waals surface area contributed by atoms with E-state index in [-0.39, 0.29) is 30.3 Å². The normalized spacial score (nSPS) is 14.2. The predicted octanol–water partition coefficient (Wildman–Crippen LogP) is 3.20. The number of imidazole rings is 1. The van der Waals surface area contributed by atoms with Crippen LogP contribution < -0.4 is 15.5 Å². The number of aromatic nitrogens is 2. The van der Waals surface area contributed by atoms with Gasteiger partial charge in [0, 0.05) is 24.2 Å². The molecular formula is C25H27N5O3. The number of aromatic amines is 1. The van der Waals surface area contributed by atoms with Crippen LogP contribution in [0, 0.1) is 0 Å². The van der Waals surface area contributed by atoms with Crippen LogP contribution in [0.5, 0.6) is 0 Å². The topological polar surface area (TPSA) is 107 Å². The van der Waals surface area contributed by atoms with Gasteiger partial charge in [-0.3, -0.25) is 14.4 Å². The lowest BCUT2D eigenvalue weighted by molar-refractivity contribution is -0.121. The summed E-state index contributed by atoms with van der Waals surface area (Å²) in [5, 5.41) is 5.56. The van der Waals surface area contributed by atoms with Gasteiger partial charge in [0.2, 0.25) is 11.8 Å². The molecule has 2 heterocycles. The quantitative estimate of drug-likeness (QED) is 0.495. The van der Waals surface area contributed by atoms with Crippen LogP contribution in [0.25, 0.3) is 11.3 Å². The van der Waals surface area contributed by atoms with E-state index in [1.54, 1.807) is 35.4 Å². The van der Waals surface area contributed by atoms with Gasteiger partial charge in [-0.15, -0.1) is 0 Å². The van der Waals surface area contributed by atoms with Crippen molar-refractivity contribution in [3.63, 3.8) is 0 Å². The second-order valence-electron chi connectivity index (χ2n) is 7.95. The van der Waals surface area contributed by atoms with Crippen molar-refractivity contribution in [2.75, 3.05) is 18.0 Å². The van der Waals surface area contributed by atoms with Gasteiger partial charge < -0.3 is 20.5 Å². The average Bonchev–Trinajstić information content (AvgIpc) is 3.51.